The van der Waals surface area contributed by atoms with Crippen molar-refractivity contribution in [1.82, 2.24) is 4.98 Å². The average Bonchev–Trinajstić information content (AvgIpc) is 3.00. The number of nitrogens with zero attached hydrogens (tertiary/aromatic N) is 4. The first-order valence-corrected chi connectivity index (χ1v) is 10.4. The number of aromatic nitrogens is 1. The summed E-state index contributed by atoms with van der Waals surface area (Å²) in [6.07, 6.45) is 1.04. The monoisotopic (exact) mass is 382 g/mol. The van der Waals surface area contributed by atoms with E-state index < -0.39 is 14.8 Å². The molecule has 0 unspecified atom stereocenters. The van der Waals surface area contributed by atoms with Crippen LogP contribution in [0.1, 0.15) is 5.69 Å². The Bertz CT molecular complexity index is 902. The van der Waals surface area contributed by atoms with Crippen LogP contribution in [-0.4, -0.2) is 50.8 Å². The lowest BCUT2D eigenvalue weighted by Crippen LogP contribution is -2.46. The van der Waals surface area contributed by atoms with Crippen LogP contribution in [0.25, 0.3) is 0 Å². The summed E-state index contributed by atoms with van der Waals surface area (Å²) in [7, 11) is -3.49. The average molecular weight is 382 g/mol. The zero-order chi connectivity index (χ0) is 18.2. The summed E-state index contributed by atoms with van der Waals surface area (Å²) in [6, 6.07) is 4.09. The number of thiazole rings is 1. The largest absolute Gasteiger partial charge is 0.362 e. The molecule has 1 aliphatic rings. The van der Waals surface area contributed by atoms with Crippen LogP contribution in [-0.2, 0) is 9.84 Å². The summed E-state index contributed by atoms with van der Waals surface area (Å²) in [5.41, 5.74) is 1.25. The van der Waals surface area contributed by atoms with Gasteiger partial charge in [0.25, 0.3) is 5.69 Å². The Morgan fingerprint density at radius 2 is 1.84 bits per heavy atom. The van der Waals surface area contributed by atoms with Crippen molar-refractivity contribution in [3.8, 4) is 0 Å². The first-order valence-electron chi connectivity index (χ1n) is 7.66. The second-order valence-electron chi connectivity index (χ2n) is 5.93. The van der Waals surface area contributed by atoms with E-state index in [1.165, 1.54) is 12.1 Å². The van der Waals surface area contributed by atoms with Crippen LogP contribution in [0, 0.1) is 17.0 Å². The third-order valence-corrected chi connectivity index (χ3v) is 6.20. The highest BCUT2D eigenvalue weighted by molar-refractivity contribution is 7.90. The standard InChI is InChI=1S/C15H18N4O4S2/c1-11-10-24-15(16-11)18-7-5-17(6-8-18)13-4-3-12(25(2,22)23)9-14(13)19(20)21/h3-4,9-10H,5-8H2,1-2H3. The van der Waals surface area contributed by atoms with Gasteiger partial charge in [0.1, 0.15) is 5.69 Å². The molecule has 0 bridgehead atoms. The highest BCUT2D eigenvalue weighted by Gasteiger charge is 2.26. The number of anilines is 2. The van der Waals surface area contributed by atoms with E-state index in [1.807, 2.05) is 17.2 Å². The van der Waals surface area contributed by atoms with E-state index in [-0.39, 0.29) is 10.6 Å². The molecule has 1 aliphatic heterocycles. The molecule has 1 saturated heterocycles. The number of hydrogen-bond acceptors (Lipinski definition) is 8. The molecule has 2 heterocycles. The number of nitro benzene ring substituents is 1. The van der Waals surface area contributed by atoms with E-state index in [1.54, 1.807) is 11.3 Å². The van der Waals surface area contributed by atoms with Gasteiger partial charge in [-0.25, -0.2) is 13.4 Å². The molecule has 0 atom stereocenters. The Balaban J connectivity index is 1.82. The zero-order valence-electron chi connectivity index (χ0n) is 13.9. The maximum Gasteiger partial charge on any atom is 0.293 e. The van der Waals surface area contributed by atoms with Gasteiger partial charge < -0.3 is 9.80 Å². The minimum absolute atomic E-state index is 0.0418. The van der Waals surface area contributed by atoms with Gasteiger partial charge in [-0.2, -0.15) is 0 Å². The first-order chi connectivity index (χ1) is 11.8. The van der Waals surface area contributed by atoms with Crippen molar-refractivity contribution in [3.05, 3.63) is 39.4 Å². The van der Waals surface area contributed by atoms with Crippen LogP contribution in [0.15, 0.2) is 28.5 Å². The molecular weight excluding hydrogens is 364 g/mol. The summed E-state index contributed by atoms with van der Waals surface area (Å²) in [4.78, 5) is 19.4. The molecule has 1 fully saturated rings. The molecule has 25 heavy (non-hydrogen) atoms. The molecule has 0 N–H and O–H groups in total. The summed E-state index contributed by atoms with van der Waals surface area (Å²) in [5.74, 6) is 0. The number of hydrogen-bond donors (Lipinski definition) is 0. The fraction of sp³-hybridized carbons (Fsp3) is 0.400. The number of rotatable bonds is 4. The molecule has 0 saturated carbocycles. The van der Waals surface area contributed by atoms with E-state index in [0.29, 0.717) is 31.9 Å². The first kappa shape index (κ1) is 17.6. The molecule has 1 aromatic heterocycles. The number of aryl methyl sites for hydroxylation is 1. The molecule has 0 aliphatic carbocycles. The van der Waals surface area contributed by atoms with Crippen LogP contribution < -0.4 is 9.80 Å². The quantitative estimate of drug-likeness (QED) is 0.590. The topological polar surface area (TPSA) is 96.7 Å². The summed E-state index contributed by atoms with van der Waals surface area (Å²) >= 11 is 1.59. The SMILES string of the molecule is Cc1csc(N2CCN(c3ccc(S(C)(=O)=O)cc3[N+](=O)[O-])CC2)n1. The smallest absolute Gasteiger partial charge is 0.293 e. The van der Waals surface area contributed by atoms with Crippen molar-refractivity contribution in [2.45, 2.75) is 11.8 Å². The van der Waals surface area contributed by atoms with Crippen LogP contribution in [0.3, 0.4) is 0 Å². The third-order valence-electron chi connectivity index (χ3n) is 4.07. The van der Waals surface area contributed by atoms with Gasteiger partial charge in [-0.15, -0.1) is 11.3 Å². The lowest BCUT2D eigenvalue weighted by atomic mass is 10.2. The van der Waals surface area contributed by atoms with Gasteiger partial charge >= 0.3 is 0 Å². The molecule has 2 aromatic rings. The maximum absolute atomic E-state index is 11.6. The van der Waals surface area contributed by atoms with Crippen LogP contribution >= 0.6 is 11.3 Å². The lowest BCUT2D eigenvalue weighted by Gasteiger charge is -2.35. The van der Waals surface area contributed by atoms with Gasteiger partial charge in [0.2, 0.25) is 0 Å². The fourth-order valence-electron chi connectivity index (χ4n) is 2.77. The van der Waals surface area contributed by atoms with Crippen LogP contribution in [0.2, 0.25) is 0 Å². The molecule has 0 amide bonds. The molecule has 8 nitrogen and oxygen atoms in total. The number of nitro groups is 1. The molecule has 0 radical (unpaired) electrons. The Labute approximate surface area is 149 Å². The van der Waals surface area contributed by atoms with Crippen molar-refractivity contribution in [1.29, 1.82) is 0 Å². The molecule has 3 rings (SSSR count). The second kappa shape index (κ2) is 6.60. The number of benzene rings is 1. The minimum atomic E-state index is -3.49. The Hall–Kier alpha value is -2.20. The molecular formula is C15H18N4O4S2. The summed E-state index contributed by atoms with van der Waals surface area (Å²) < 4.78 is 23.3. The lowest BCUT2D eigenvalue weighted by molar-refractivity contribution is -0.384. The predicted octanol–water partition coefficient (Wildman–Crippen LogP) is 2.09. The predicted molar refractivity (Wildman–Crippen MR) is 97.5 cm³/mol. The van der Waals surface area contributed by atoms with E-state index in [9.17, 15) is 18.5 Å². The summed E-state index contributed by atoms with van der Waals surface area (Å²) in [5, 5.41) is 14.4. The van der Waals surface area contributed by atoms with Crippen LogP contribution in [0.5, 0.6) is 0 Å². The van der Waals surface area contributed by atoms with Gasteiger partial charge in [-0.3, -0.25) is 10.1 Å². The third kappa shape index (κ3) is 3.74. The Kier molecular flexibility index (Phi) is 4.65. The minimum Gasteiger partial charge on any atom is -0.362 e. The van der Waals surface area contributed by atoms with Crippen molar-refractivity contribution >= 4 is 37.7 Å². The van der Waals surface area contributed by atoms with E-state index in [2.05, 4.69) is 9.88 Å². The molecule has 0 spiro atoms. The van der Waals surface area contributed by atoms with Crippen molar-refractivity contribution in [2.24, 2.45) is 0 Å². The van der Waals surface area contributed by atoms with E-state index in [0.717, 1.165) is 23.1 Å². The normalized spacial score (nSPS) is 15.4. The maximum atomic E-state index is 11.6. The second-order valence-corrected chi connectivity index (χ2v) is 8.78. The molecule has 134 valence electrons. The summed E-state index contributed by atoms with van der Waals surface area (Å²) in [6.45, 7) is 4.58. The van der Waals surface area contributed by atoms with Crippen molar-refractivity contribution < 1.29 is 13.3 Å². The number of piperazine rings is 1. The van der Waals surface area contributed by atoms with Gasteiger partial charge in [-0.1, -0.05) is 0 Å². The van der Waals surface area contributed by atoms with Crippen molar-refractivity contribution in [3.63, 3.8) is 0 Å². The van der Waals surface area contributed by atoms with Gasteiger partial charge in [0.05, 0.1) is 15.5 Å². The Morgan fingerprint density at radius 3 is 2.36 bits per heavy atom. The highest BCUT2D eigenvalue weighted by atomic mass is 32.2. The van der Waals surface area contributed by atoms with Gasteiger partial charge in [0, 0.05) is 43.9 Å². The fourth-order valence-corrected chi connectivity index (χ4v) is 4.27. The van der Waals surface area contributed by atoms with E-state index >= 15 is 0 Å². The number of sulfone groups is 1. The Morgan fingerprint density at radius 1 is 1.20 bits per heavy atom. The zero-order valence-corrected chi connectivity index (χ0v) is 15.5. The van der Waals surface area contributed by atoms with E-state index in [4.69, 9.17) is 0 Å². The molecule has 1 aromatic carbocycles. The molecule has 10 heteroatoms. The van der Waals surface area contributed by atoms with Gasteiger partial charge in [-0.05, 0) is 19.1 Å². The van der Waals surface area contributed by atoms with Crippen LogP contribution in [0.4, 0.5) is 16.5 Å². The highest BCUT2D eigenvalue weighted by Crippen LogP contribution is 2.32. The van der Waals surface area contributed by atoms with Crippen molar-refractivity contribution in [2.75, 3.05) is 42.2 Å². The van der Waals surface area contributed by atoms with Gasteiger partial charge in [0.15, 0.2) is 15.0 Å².